The zero-order valence-electron chi connectivity index (χ0n) is 16.2. The van der Waals surface area contributed by atoms with E-state index in [4.69, 9.17) is 0 Å². The molecule has 0 aliphatic carbocycles. The molecule has 5 nitrogen and oxygen atoms in total. The van der Waals surface area contributed by atoms with Gasteiger partial charge in [-0.05, 0) is 43.2 Å². The summed E-state index contributed by atoms with van der Waals surface area (Å²) in [5, 5.41) is 2.11. The van der Waals surface area contributed by atoms with Crippen molar-refractivity contribution in [3.05, 3.63) is 59.2 Å². The Hall–Kier alpha value is -3.03. The van der Waals surface area contributed by atoms with Crippen LogP contribution in [0.15, 0.2) is 42.5 Å². The van der Waals surface area contributed by atoms with Crippen molar-refractivity contribution in [3.63, 3.8) is 0 Å². The molecule has 1 aliphatic heterocycles. The second-order valence-corrected chi connectivity index (χ2v) is 7.00. The van der Waals surface area contributed by atoms with Gasteiger partial charge in [-0.2, -0.15) is 13.2 Å². The minimum Gasteiger partial charge on any atom is -0.368 e. The number of para-hydroxylation sites is 1. The van der Waals surface area contributed by atoms with Gasteiger partial charge in [-0.25, -0.2) is 0 Å². The Kier molecular flexibility index (Phi) is 5.81. The van der Waals surface area contributed by atoms with Crippen LogP contribution in [0.4, 0.5) is 24.5 Å². The van der Waals surface area contributed by atoms with Gasteiger partial charge in [0, 0.05) is 31.9 Å². The van der Waals surface area contributed by atoms with E-state index in [0.29, 0.717) is 26.2 Å². The lowest BCUT2D eigenvalue weighted by Gasteiger charge is -2.36. The SMILES string of the molecule is Cc1cccc(N2CCN(C(=O)C(=O)Nc3ccccc3C(F)(F)F)CC2)c1C. The number of aryl methyl sites for hydroxylation is 1. The van der Waals surface area contributed by atoms with E-state index >= 15 is 0 Å². The molecule has 8 heteroatoms. The molecular weight excluding hydrogens is 383 g/mol. The minimum atomic E-state index is -4.62. The number of benzene rings is 2. The summed E-state index contributed by atoms with van der Waals surface area (Å²) in [5.41, 5.74) is 2.01. The van der Waals surface area contributed by atoms with Crippen LogP contribution in [-0.4, -0.2) is 42.9 Å². The minimum absolute atomic E-state index is 0.320. The Morgan fingerprint density at radius 1 is 0.931 bits per heavy atom. The van der Waals surface area contributed by atoms with Crippen LogP contribution in [0, 0.1) is 13.8 Å². The van der Waals surface area contributed by atoms with E-state index in [1.165, 1.54) is 22.6 Å². The van der Waals surface area contributed by atoms with Crippen molar-refractivity contribution in [1.29, 1.82) is 0 Å². The second kappa shape index (κ2) is 8.14. The Morgan fingerprint density at radius 2 is 1.59 bits per heavy atom. The summed E-state index contributed by atoms with van der Waals surface area (Å²) in [6.45, 7) is 5.79. The summed E-state index contributed by atoms with van der Waals surface area (Å²) in [4.78, 5) is 28.2. The molecule has 0 bridgehead atoms. The molecule has 29 heavy (non-hydrogen) atoms. The van der Waals surface area contributed by atoms with Crippen LogP contribution < -0.4 is 10.2 Å². The van der Waals surface area contributed by atoms with Crippen molar-refractivity contribution in [3.8, 4) is 0 Å². The maximum atomic E-state index is 13.1. The molecule has 0 aromatic heterocycles. The fraction of sp³-hybridized carbons (Fsp3) is 0.333. The third-order valence-electron chi connectivity index (χ3n) is 5.16. The maximum Gasteiger partial charge on any atom is 0.418 e. The van der Waals surface area contributed by atoms with Crippen molar-refractivity contribution in [2.75, 3.05) is 36.4 Å². The Balaban J connectivity index is 1.64. The predicted octanol–water partition coefficient (Wildman–Crippen LogP) is 3.61. The first-order valence-electron chi connectivity index (χ1n) is 9.26. The van der Waals surface area contributed by atoms with Gasteiger partial charge in [0.2, 0.25) is 0 Å². The third kappa shape index (κ3) is 4.52. The summed E-state index contributed by atoms with van der Waals surface area (Å²) in [6, 6.07) is 10.6. The molecule has 0 atom stereocenters. The number of hydrogen-bond donors (Lipinski definition) is 1. The molecule has 1 aliphatic rings. The smallest absolute Gasteiger partial charge is 0.368 e. The van der Waals surface area contributed by atoms with E-state index in [-0.39, 0.29) is 0 Å². The highest BCUT2D eigenvalue weighted by atomic mass is 19.4. The van der Waals surface area contributed by atoms with Crippen LogP contribution in [0.5, 0.6) is 0 Å². The highest BCUT2D eigenvalue weighted by Gasteiger charge is 2.34. The lowest BCUT2D eigenvalue weighted by molar-refractivity contribution is -0.143. The molecule has 1 saturated heterocycles. The number of rotatable bonds is 2. The highest BCUT2D eigenvalue weighted by molar-refractivity contribution is 6.39. The van der Waals surface area contributed by atoms with Crippen molar-refractivity contribution >= 4 is 23.2 Å². The number of halogens is 3. The van der Waals surface area contributed by atoms with Gasteiger partial charge in [-0.15, -0.1) is 0 Å². The molecule has 0 radical (unpaired) electrons. The fourth-order valence-electron chi connectivity index (χ4n) is 3.39. The number of carbonyl (C=O) groups is 2. The van der Waals surface area contributed by atoms with Crippen LogP contribution in [0.1, 0.15) is 16.7 Å². The normalized spacial score (nSPS) is 14.7. The number of nitrogens with one attached hydrogen (secondary N) is 1. The molecule has 2 aromatic carbocycles. The number of anilines is 2. The van der Waals surface area contributed by atoms with E-state index in [0.717, 1.165) is 23.4 Å². The van der Waals surface area contributed by atoms with Gasteiger partial charge in [-0.3, -0.25) is 9.59 Å². The number of alkyl halides is 3. The number of amides is 2. The Labute approximate surface area is 167 Å². The summed E-state index contributed by atoms with van der Waals surface area (Å²) >= 11 is 0. The van der Waals surface area contributed by atoms with Crippen LogP contribution in [0.25, 0.3) is 0 Å². The summed E-state index contributed by atoms with van der Waals surface area (Å²) in [7, 11) is 0. The number of hydrogen-bond acceptors (Lipinski definition) is 3. The molecule has 1 N–H and O–H groups in total. The van der Waals surface area contributed by atoms with Gasteiger partial charge in [0.15, 0.2) is 0 Å². The Morgan fingerprint density at radius 3 is 2.24 bits per heavy atom. The molecule has 1 heterocycles. The van der Waals surface area contributed by atoms with Crippen molar-refractivity contribution in [2.45, 2.75) is 20.0 Å². The first-order valence-corrected chi connectivity index (χ1v) is 9.26. The zero-order valence-corrected chi connectivity index (χ0v) is 16.2. The summed E-state index contributed by atoms with van der Waals surface area (Å²) in [6.07, 6.45) is -4.62. The van der Waals surface area contributed by atoms with Crippen LogP contribution >= 0.6 is 0 Å². The average Bonchev–Trinajstić information content (AvgIpc) is 2.69. The van der Waals surface area contributed by atoms with Gasteiger partial charge in [-0.1, -0.05) is 24.3 Å². The predicted molar refractivity (Wildman–Crippen MR) is 105 cm³/mol. The second-order valence-electron chi connectivity index (χ2n) is 7.00. The molecule has 0 unspecified atom stereocenters. The van der Waals surface area contributed by atoms with Crippen LogP contribution in [0.2, 0.25) is 0 Å². The van der Waals surface area contributed by atoms with Gasteiger partial charge in [0.1, 0.15) is 0 Å². The summed E-state index contributed by atoms with van der Waals surface area (Å²) < 4.78 is 39.2. The lowest BCUT2D eigenvalue weighted by Crippen LogP contribution is -2.51. The molecule has 3 rings (SSSR count). The number of nitrogens with zero attached hydrogens (tertiary/aromatic N) is 2. The molecule has 2 amide bonds. The zero-order chi connectivity index (χ0) is 21.2. The lowest BCUT2D eigenvalue weighted by atomic mass is 10.1. The van der Waals surface area contributed by atoms with E-state index in [9.17, 15) is 22.8 Å². The molecule has 0 spiro atoms. The Bertz CT molecular complexity index is 920. The van der Waals surface area contributed by atoms with E-state index in [1.807, 2.05) is 32.0 Å². The van der Waals surface area contributed by atoms with E-state index in [1.54, 1.807) is 0 Å². The van der Waals surface area contributed by atoms with Gasteiger partial charge < -0.3 is 15.1 Å². The largest absolute Gasteiger partial charge is 0.418 e. The fourth-order valence-corrected chi connectivity index (χ4v) is 3.39. The molecule has 0 saturated carbocycles. The molecule has 154 valence electrons. The van der Waals surface area contributed by atoms with Crippen LogP contribution in [-0.2, 0) is 15.8 Å². The van der Waals surface area contributed by atoms with E-state index < -0.39 is 29.2 Å². The standard InChI is InChI=1S/C21H22F3N3O2/c1-14-6-5-9-18(15(14)2)26-10-12-27(13-11-26)20(29)19(28)25-17-8-4-3-7-16(17)21(22,23)24/h3-9H,10-13H2,1-2H3,(H,25,28). The molecule has 2 aromatic rings. The number of carbonyl (C=O) groups excluding carboxylic acids is 2. The quantitative estimate of drug-likeness (QED) is 0.777. The van der Waals surface area contributed by atoms with Crippen molar-refractivity contribution < 1.29 is 22.8 Å². The molecular formula is C21H22F3N3O2. The first kappa shape index (κ1) is 20.7. The highest BCUT2D eigenvalue weighted by Crippen LogP contribution is 2.34. The topological polar surface area (TPSA) is 52.7 Å². The van der Waals surface area contributed by atoms with Crippen LogP contribution in [0.3, 0.4) is 0 Å². The first-order chi connectivity index (χ1) is 13.7. The van der Waals surface area contributed by atoms with Crippen molar-refractivity contribution in [2.24, 2.45) is 0 Å². The third-order valence-corrected chi connectivity index (χ3v) is 5.16. The van der Waals surface area contributed by atoms with Gasteiger partial charge in [0.25, 0.3) is 0 Å². The van der Waals surface area contributed by atoms with E-state index in [2.05, 4.69) is 10.2 Å². The summed E-state index contributed by atoms with van der Waals surface area (Å²) in [5.74, 6) is -1.90. The van der Waals surface area contributed by atoms with Gasteiger partial charge >= 0.3 is 18.0 Å². The average molecular weight is 405 g/mol. The monoisotopic (exact) mass is 405 g/mol. The maximum absolute atomic E-state index is 13.1. The molecule has 1 fully saturated rings. The van der Waals surface area contributed by atoms with Crippen molar-refractivity contribution in [1.82, 2.24) is 4.90 Å². The van der Waals surface area contributed by atoms with Gasteiger partial charge in [0.05, 0.1) is 11.3 Å². The number of piperazine rings is 1.